The molecule has 0 saturated heterocycles. The van der Waals surface area contributed by atoms with E-state index in [0.717, 1.165) is 10.7 Å². The summed E-state index contributed by atoms with van der Waals surface area (Å²) in [5.74, 6) is -4.67. The number of hydrogen-bond donors (Lipinski definition) is 1. The quantitative estimate of drug-likeness (QED) is 0.215. The van der Waals surface area contributed by atoms with Crippen LogP contribution in [0.15, 0.2) is 6.07 Å². The van der Waals surface area contributed by atoms with Crippen molar-refractivity contribution in [2.75, 3.05) is 0 Å². The van der Waals surface area contributed by atoms with Crippen molar-refractivity contribution >= 4 is 89.8 Å². The molecule has 164 valence electrons. The molecule has 1 heterocycles. The van der Waals surface area contributed by atoms with Crippen molar-refractivity contribution in [2.45, 2.75) is 36.4 Å². The second-order valence-electron chi connectivity index (χ2n) is 7.23. The van der Waals surface area contributed by atoms with E-state index >= 15 is 0 Å². The van der Waals surface area contributed by atoms with E-state index in [1.807, 2.05) is 0 Å². The molecule has 0 aromatic heterocycles. The maximum absolute atomic E-state index is 13.5. The molecule has 1 aromatic rings. The zero-order valence-corrected chi connectivity index (χ0v) is 21.8. The number of carbonyl (C=O) groups excluding carboxylic acids is 2. The molecule has 1 aliphatic heterocycles. The number of rotatable bonds is 3. The first kappa shape index (κ1) is 23.1. The van der Waals surface area contributed by atoms with E-state index < -0.39 is 51.0 Å². The topological polar surface area (TPSA) is 116 Å². The van der Waals surface area contributed by atoms with Gasteiger partial charge in [-0.15, -0.1) is 0 Å². The molecule has 8 nitrogen and oxygen atoms in total. The van der Waals surface area contributed by atoms with Crippen LogP contribution >= 0.6 is 67.8 Å². The minimum Gasteiger partial charge on any atom is -0.457 e. The molecule has 14 heteroatoms. The summed E-state index contributed by atoms with van der Waals surface area (Å²) < 4.78 is 76.0. The van der Waals surface area contributed by atoms with Crippen LogP contribution in [-0.2, 0) is 24.4 Å². The van der Waals surface area contributed by atoms with E-state index in [1.165, 1.54) is 0 Å². The minimum absolute atomic E-state index is 0.0542. The summed E-state index contributed by atoms with van der Waals surface area (Å²) in [6.45, 7) is 0. The van der Waals surface area contributed by atoms with Gasteiger partial charge in [-0.2, -0.15) is 17.2 Å². The van der Waals surface area contributed by atoms with Crippen molar-refractivity contribution in [3.8, 4) is 5.75 Å². The molecule has 1 spiro atoms. The van der Waals surface area contributed by atoms with Crippen molar-refractivity contribution < 1.29 is 45.6 Å². The molecule has 2 saturated carbocycles. The third-order valence-electron chi connectivity index (χ3n) is 5.50. The van der Waals surface area contributed by atoms with Gasteiger partial charge in [-0.25, -0.2) is 9.59 Å². The van der Waals surface area contributed by atoms with Gasteiger partial charge in [0.1, 0.15) is 11.7 Å². The Kier molecular flexibility index (Phi) is 5.75. The molecule has 4 atom stereocenters. The van der Waals surface area contributed by atoms with Gasteiger partial charge in [-0.05, 0) is 86.7 Å². The van der Waals surface area contributed by atoms with Gasteiger partial charge in [0.05, 0.1) is 3.57 Å². The van der Waals surface area contributed by atoms with Crippen LogP contribution in [0.2, 0.25) is 0 Å². The van der Waals surface area contributed by atoms with E-state index in [1.54, 1.807) is 6.07 Å². The Balaban J connectivity index is 1.55. The third kappa shape index (κ3) is 3.51. The number of hydrogen-bond acceptors (Lipinski definition) is 7. The number of benzene rings is 1. The monoisotopic (exact) mass is 782 g/mol. The van der Waals surface area contributed by atoms with E-state index in [4.69, 9.17) is 18.8 Å². The first-order chi connectivity index (χ1) is 13.8. The predicted octanol–water partition coefficient (Wildman–Crippen LogP) is 3.57. The van der Waals surface area contributed by atoms with E-state index in [0.29, 0.717) is 17.7 Å². The van der Waals surface area contributed by atoms with Crippen LogP contribution in [0.25, 0.3) is 0 Å². The zero-order valence-electron chi connectivity index (χ0n) is 14.5. The summed E-state index contributed by atoms with van der Waals surface area (Å²) in [4.78, 5) is 24.3. The Morgan fingerprint density at radius 3 is 2.47 bits per heavy atom. The lowest BCUT2D eigenvalue weighted by atomic mass is 9.90. The Morgan fingerprint density at radius 1 is 1.23 bits per heavy atom. The fraction of sp³-hybridized carbons (Fsp3) is 0.500. The molecule has 3 aliphatic rings. The smallest absolute Gasteiger partial charge is 0.457 e. The average molecular weight is 782 g/mol. The Hall–Kier alpha value is -0.0800. The highest BCUT2D eigenvalue weighted by atomic mass is 127. The lowest BCUT2D eigenvalue weighted by molar-refractivity contribution is -0.203. The number of esters is 2. The van der Waals surface area contributed by atoms with Crippen molar-refractivity contribution in [3.05, 3.63) is 22.3 Å². The SMILES string of the molecule is O=C1OC2(CC3CC2CC3OC(=O)C(F)(F)S(=O)(=O)O)Oc2c1cc(I)c(I)c2I. The minimum atomic E-state index is -5.94. The number of alkyl halides is 2. The fourth-order valence-electron chi connectivity index (χ4n) is 4.13. The van der Waals surface area contributed by atoms with Crippen LogP contribution < -0.4 is 4.74 Å². The summed E-state index contributed by atoms with van der Waals surface area (Å²) in [6.07, 6.45) is -0.452. The summed E-state index contributed by atoms with van der Waals surface area (Å²) in [7, 11) is -5.94. The van der Waals surface area contributed by atoms with E-state index in [2.05, 4.69) is 67.8 Å². The maximum atomic E-state index is 13.5. The first-order valence-electron chi connectivity index (χ1n) is 8.42. The van der Waals surface area contributed by atoms with Gasteiger partial charge in [0.15, 0.2) is 5.75 Å². The normalized spacial score (nSPS) is 30.1. The third-order valence-corrected chi connectivity index (χ3v) is 11.4. The highest BCUT2D eigenvalue weighted by Crippen LogP contribution is 2.57. The molecule has 2 fully saturated rings. The van der Waals surface area contributed by atoms with Crippen LogP contribution in [-0.4, -0.2) is 42.1 Å². The molecule has 0 amide bonds. The van der Waals surface area contributed by atoms with Crippen LogP contribution in [0.4, 0.5) is 8.78 Å². The molecule has 0 radical (unpaired) electrons. The van der Waals surface area contributed by atoms with Crippen LogP contribution in [0.1, 0.15) is 29.6 Å². The van der Waals surface area contributed by atoms with Crippen molar-refractivity contribution in [1.82, 2.24) is 0 Å². The van der Waals surface area contributed by atoms with Crippen LogP contribution in [0.5, 0.6) is 5.75 Å². The van der Waals surface area contributed by atoms with Gasteiger partial charge in [0.2, 0.25) is 0 Å². The van der Waals surface area contributed by atoms with Gasteiger partial charge < -0.3 is 14.2 Å². The average Bonchev–Trinajstić information content (AvgIpc) is 3.17. The summed E-state index contributed by atoms with van der Waals surface area (Å²) in [5.41, 5.74) is 0.299. The maximum Gasteiger partial charge on any atom is 0.465 e. The van der Waals surface area contributed by atoms with Crippen molar-refractivity contribution in [2.24, 2.45) is 11.8 Å². The Labute approximate surface area is 209 Å². The number of ether oxygens (including phenoxy) is 3. The van der Waals surface area contributed by atoms with E-state index in [-0.39, 0.29) is 12.8 Å². The lowest BCUT2D eigenvalue weighted by Gasteiger charge is -2.42. The molecule has 4 rings (SSSR count). The standard InChI is InChI=1S/C16H11F2I3O8S/c17-16(18,30(24,25)26)14(23)27-9-2-6-1-5(9)4-15(6)28-12-7(13(22)29-15)3-8(19)10(20)11(12)21/h3,5-6,9H,1-2,4H2,(H,24,25,26). The fourth-order valence-corrected chi connectivity index (χ4v) is 6.58. The second-order valence-corrected chi connectivity index (χ2v) is 12.0. The van der Waals surface area contributed by atoms with Gasteiger partial charge in [-0.3, -0.25) is 4.55 Å². The van der Waals surface area contributed by atoms with Crippen LogP contribution in [0, 0.1) is 22.5 Å². The predicted molar refractivity (Wildman–Crippen MR) is 121 cm³/mol. The molecular formula is C16H11F2I3O8S. The summed E-state index contributed by atoms with van der Waals surface area (Å²) in [5, 5.41) is -5.05. The van der Waals surface area contributed by atoms with E-state index in [9.17, 15) is 26.8 Å². The van der Waals surface area contributed by atoms with Gasteiger partial charge in [-0.1, -0.05) is 0 Å². The number of fused-ring (bicyclic) bond motifs is 4. The highest BCUT2D eigenvalue weighted by Gasteiger charge is 2.64. The van der Waals surface area contributed by atoms with Gasteiger partial charge in [0.25, 0.3) is 5.79 Å². The molecule has 1 aromatic carbocycles. The molecule has 2 bridgehead atoms. The lowest BCUT2D eigenvalue weighted by Crippen LogP contribution is -2.51. The van der Waals surface area contributed by atoms with Crippen molar-refractivity contribution in [1.29, 1.82) is 0 Å². The number of carbonyl (C=O) groups is 2. The summed E-state index contributed by atoms with van der Waals surface area (Å²) in [6, 6.07) is 1.67. The Morgan fingerprint density at radius 2 is 1.90 bits per heavy atom. The molecule has 30 heavy (non-hydrogen) atoms. The van der Waals surface area contributed by atoms with Gasteiger partial charge in [0, 0.05) is 25.4 Å². The summed E-state index contributed by atoms with van der Waals surface area (Å²) >= 11 is 6.33. The first-order valence-corrected chi connectivity index (χ1v) is 13.1. The molecule has 4 unspecified atom stereocenters. The number of halogens is 5. The molecule has 1 N–H and O–H groups in total. The van der Waals surface area contributed by atoms with Crippen molar-refractivity contribution in [3.63, 3.8) is 0 Å². The largest absolute Gasteiger partial charge is 0.465 e. The molecule has 2 aliphatic carbocycles. The second kappa shape index (κ2) is 7.47. The van der Waals surface area contributed by atoms with Crippen LogP contribution in [0.3, 0.4) is 0 Å². The highest BCUT2D eigenvalue weighted by molar-refractivity contribution is 14.1. The molecular weight excluding hydrogens is 771 g/mol. The van der Waals surface area contributed by atoms with Gasteiger partial charge >= 0.3 is 27.3 Å². The zero-order chi connectivity index (χ0) is 22.2. The Bertz CT molecular complexity index is 1080.